The summed E-state index contributed by atoms with van der Waals surface area (Å²) < 4.78 is 13.6. The molecule has 0 aromatic heterocycles. The van der Waals surface area contributed by atoms with Gasteiger partial charge in [0.2, 0.25) is 5.91 Å². The second-order valence-corrected chi connectivity index (χ2v) is 5.56. The third kappa shape index (κ3) is 8.25. The van der Waals surface area contributed by atoms with Crippen molar-refractivity contribution >= 4 is 41.5 Å². The zero-order valence-electron chi connectivity index (χ0n) is 15.0. The van der Waals surface area contributed by atoms with E-state index >= 15 is 0 Å². The molecule has 4 N–H and O–H groups in total. The maximum absolute atomic E-state index is 13.6. The van der Waals surface area contributed by atoms with Gasteiger partial charge in [0.1, 0.15) is 18.1 Å². The molecule has 0 spiro atoms. The van der Waals surface area contributed by atoms with Crippen LogP contribution in [0, 0.1) is 5.82 Å². The minimum atomic E-state index is -0.276. The van der Waals surface area contributed by atoms with E-state index in [0.29, 0.717) is 36.7 Å². The summed E-state index contributed by atoms with van der Waals surface area (Å²) in [5, 5.41) is 18.1. The molecule has 27 heavy (non-hydrogen) atoms. The molecule has 0 radical (unpaired) electrons. The van der Waals surface area contributed by atoms with Crippen molar-refractivity contribution in [3.05, 3.63) is 59.9 Å². The van der Waals surface area contributed by atoms with E-state index in [2.05, 4.69) is 20.9 Å². The Kier molecular flexibility index (Phi) is 10.2. The van der Waals surface area contributed by atoms with Gasteiger partial charge in [-0.3, -0.25) is 4.79 Å². The number of carbonyl (C=O) groups is 1. The summed E-state index contributed by atoms with van der Waals surface area (Å²) in [7, 11) is 0. The number of anilines is 1. The molecule has 0 saturated carbocycles. The van der Waals surface area contributed by atoms with Gasteiger partial charge in [0, 0.05) is 18.8 Å². The number of guanidine groups is 1. The highest BCUT2D eigenvalue weighted by Gasteiger charge is 2.04. The van der Waals surface area contributed by atoms with Gasteiger partial charge in [-0.1, -0.05) is 18.2 Å². The monoisotopic (exact) mass is 486 g/mol. The zero-order chi connectivity index (χ0) is 18.8. The fraction of sp³-hybridized carbons (Fsp3) is 0.263. The Labute approximate surface area is 175 Å². The van der Waals surface area contributed by atoms with Crippen LogP contribution in [0.1, 0.15) is 12.5 Å². The molecule has 0 saturated heterocycles. The maximum atomic E-state index is 13.6. The second kappa shape index (κ2) is 12.1. The Balaban J connectivity index is 0.00000364. The number of nitrogens with one attached hydrogen (secondary N) is 3. The fourth-order valence-corrected chi connectivity index (χ4v) is 2.25. The number of rotatable bonds is 7. The molecular weight excluding hydrogens is 462 g/mol. The van der Waals surface area contributed by atoms with Crippen LogP contribution in [0.5, 0.6) is 5.75 Å². The zero-order valence-corrected chi connectivity index (χ0v) is 17.4. The Morgan fingerprint density at radius 3 is 2.48 bits per heavy atom. The summed E-state index contributed by atoms with van der Waals surface area (Å²) in [6.45, 7) is 3.00. The molecule has 0 fully saturated rings. The topological polar surface area (TPSA) is 85.8 Å². The number of hydrogen-bond acceptors (Lipinski definition) is 3. The molecule has 6 nitrogen and oxygen atoms in total. The van der Waals surface area contributed by atoms with Gasteiger partial charge in [0.15, 0.2) is 5.96 Å². The van der Waals surface area contributed by atoms with Crippen LogP contribution < -0.4 is 16.0 Å². The molecule has 2 aromatic carbocycles. The Morgan fingerprint density at radius 2 is 1.81 bits per heavy atom. The van der Waals surface area contributed by atoms with E-state index in [-0.39, 0.29) is 48.0 Å². The average Bonchev–Trinajstić information content (AvgIpc) is 2.63. The highest BCUT2D eigenvalue weighted by molar-refractivity contribution is 14.0. The predicted molar refractivity (Wildman–Crippen MR) is 116 cm³/mol. The second-order valence-electron chi connectivity index (χ2n) is 5.56. The molecule has 0 bridgehead atoms. The summed E-state index contributed by atoms with van der Waals surface area (Å²) in [6.07, 6.45) is 0.511. The van der Waals surface area contributed by atoms with E-state index in [4.69, 9.17) is 0 Å². The number of carbonyl (C=O) groups excluding carboxylic acids is 1. The molecule has 0 aliphatic rings. The summed E-state index contributed by atoms with van der Waals surface area (Å²) in [4.78, 5) is 16.2. The number of amides is 1. The molecule has 8 heteroatoms. The van der Waals surface area contributed by atoms with Gasteiger partial charge in [0.25, 0.3) is 0 Å². The number of nitrogens with zero attached hydrogens (tertiary/aromatic N) is 1. The molecule has 2 rings (SSSR count). The SMILES string of the molecule is CCNC(=NCC(=O)Nc1ccc(O)cc1)NCCc1ccccc1F.I. The number of halogens is 2. The molecule has 2 aromatic rings. The summed E-state index contributed by atoms with van der Waals surface area (Å²) in [6, 6.07) is 12.8. The van der Waals surface area contributed by atoms with Crippen LogP contribution >= 0.6 is 24.0 Å². The Hall–Kier alpha value is -2.36. The number of phenolic OH excluding ortho intramolecular Hbond substituents is 1. The van der Waals surface area contributed by atoms with E-state index in [1.807, 2.05) is 6.92 Å². The highest BCUT2D eigenvalue weighted by atomic mass is 127. The van der Waals surface area contributed by atoms with Gasteiger partial charge < -0.3 is 21.1 Å². The lowest BCUT2D eigenvalue weighted by atomic mass is 10.1. The number of phenols is 1. The van der Waals surface area contributed by atoms with Gasteiger partial charge in [-0.05, 0) is 49.2 Å². The van der Waals surface area contributed by atoms with Gasteiger partial charge in [-0.2, -0.15) is 0 Å². The van der Waals surface area contributed by atoms with Crippen molar-refractivity contribution < 1.29 is 14.3 Å². The van der Waals surface area contributed by atoms with Crippen LogP contribution in [0.15, 0.2) is 53.5 Å². The summed E-state index contributed by atoms with van der Waals surface area (Å²) in [5.74, 6) is 0.116. The van der Waals surface area contributed by atoms with Gasteiger partial charge in [-0.25, -0.2) is 9.38 Å². The van der Waals surface area contributed by atoms with E-state index in [0.717, 1.165) is 0 Å². The molecule has 1 amide bonds. The quantitative estimate of drug-likeness (QED) is 0.210. The normalized spacial score (nSPS) is 10.7. The van der Waals surface area contributed by atoms with Crippen molar-refractivity contribution in [3.8, 4) is 5.75 Å². The summed E-state index contributed by atoms with van der Waals surface area (Å²) in [5.41, 5.74) is 1.21. The fourth-order valence-electron chi connectivity index (χ4n) is 2.25. The third-order valence-electron chi connectivity index (χ3n) is 3.52. The molecular formula is C19H24FIN4O2. The first kappa shape index (κ1) is 22.7. The lowest BCUT2D eigenvalue weighted by Gasteiger charge is -2.11. The minimum Gasteiger partial charge on any atom is -0.508 e. The van der Waals surface area contributed by atoms with Crippen LogP contribution in [0.2, 0.25) is 0 Å². The van der Waals surface area contributed by atoms with Crippen molar-refractivity contribution in [1.29, 1.82) is 0 Å². The molecule has 0 heterocycles. The van der Waals surface area contributed by atoms with Gasteiger partial charge in [-0.15, -0.1) is 24.0 Å². The number of aromatic hydroxyl groups is 1. The first-order valence-corrected chi connectivity index (χ1v) is 8.43. The van der Waals surface area contributed by atoms with Gasteiger partial charge in [0.05, 0.1) is 0 Å². The number of benzene rings is 2. The van der Waals surface area contributed by atoms with Crippen molar-refractivity contribution in [3.63, 3.8) is 0 Å². The number of aliphatic imine (C=N–C) groups is 1. The standard InChI is InChI=1S/C19H23FN4O2.HI/c1-2-21-19(22-12-11-14-5-3-4-6-17(14)20)23-13-18(26)24-15-7-9-16(25)10-8-15;/h3-10,25H,2,11-13H2,1H3,(H,24,26)(H2,21,22,23);1H. The molecule has 0 unspecified atom stereocenters. The van der Waals surface area contributed by atoms with Crippen molar-refractivity contribution in [1.82, 2.24) is 10.6 Å². The van der Waals surface area contributed by atoms with Gasteiger partial charge >= 0.3 is 0 Å². The third-order valence-corrected chi connectivity index (χ3v) is 3.52. The lowest BCUT2D eigenvalue weighted by molar-refractivity contribution is -0.114. The smallest absolute Gasteiger partial charge is 0.246 e. The number of hydrogen-bond donors (Lipinski definition) is 4. The lowest BCUT2D eigenvalue weighted by Crippen LogP contribution is -2.39. The molecule has 146 valence electrons. The Morgan fingerprint density at radius 1 is 1.11 bits per heavy atom. The van der Waals surface area contributed by atoms with Crippen molar-refractivity contribution in [2.75, 3.05) is 25.0 Å². The first-order chi connectivity index (χ1) is 12.6. The van der Waals surface area contributed by atoms with E-state index in [1.54, 1.807) is 30.3 Å². The van der Waals surface area contributed by atoms with E-state index in [9.17, 15) is 14.3 Å². The van der Waals surface area contributed by atoms with Crippen LogP contribution in [-0.4, -0.2) is 36.6 Å². The molecule has 0 aliphatic heterocycles. The van der Waals surface area contributed by atoms with Crippen LogP contribution in [-0.2, 0) is 11.2 Å². The summed E-state index contributed by atoms with van der Waals surface area (Å²) >= 11 is 0. The average molecular weight is 486 g/mol. The Bertz CT molecular complexity index is 754. The van der Waals surface area contributed by atoms with Crippen molar-refractivity contribution in [2.24, 2.45) is 4.99 Å². The van der Waals surface area contributed by atoms with Crippen LogP contribution in [0.25, 0.3) is 0 Å². The van der Waals surface area contributed by atoms with E-state index in [1.165, 1.54) is 18.2 Å². The first-order valence-electron chi connectivity index (χ1n) is 8.43. The highest BCUT2D eigenvalue weighted by Crippen LogP contribution is 2.13. The van der Waals surface area contributed by atoms with Crippen molar-refractivity contribution in [2.45, 2.75) is 13.3 Å². The largest absolute Gasteiger partial charge is 0.508 e. The van der Waals surface area contributed by atoms with E-state index < -0.39 is 0 Å². The van der Waals surface area contributed by atoms with Crippen LogP contribution in [0.3, 0.4) is 0 Å². The predicted octanol–water partition coefficient (Wildman–Crippen LogP) is 2.89. The minimum absolute atomic E-state index is 0. The molecule has 0 aliphatic carbocycles. The molecule has 0 atom stereocenters. The maximum Gasteiger partial charge on any atom is 0.246 e. The van der Waals surface area contributed by atoms with Crippen LogP contribution in [0.4, 0.5) is 10.1 Å².